The monoisotopic (exact) mass is 291 g/mol. The van der Waals surface area contributed by atoms with Crippen molar-refractivity contribution in [2.75, 3.05) is 13.1 Å². The topological polar surface area (TPSA) is 39.1 Å². The van der Waals surface area contributed by atoms with Gasteiger partial charge in [-0.1, -0.05) is 0 Å². The maximum absolute atomic E-state index is 13.4. The second-order valence-electron chi connectivity index (χ2n) is 5.89. The van der Waals surface area contributed by atoms with E-state index in [2.05, 4.69) is 28.7 Å². The number of piperidine rings is 1. The summed E-state index contributed by atoms with van der Waals surface area (Å²) in [5.41, 5.74) is 1.67. The summed E-state index contributed by atoms with van der Waals surface area (Å²) < 4.78 is 21.5. The molecule has 1 fully saturated rings. The van der Waals surface area contributed by atoms with Gasteiger partial charge in [-0.3, -0.25) is 0 Å². The largest absolute Gasteiger partial charge is 0.370 e. The average molecular weight is 291 g/mol. The maximum Gasteiger partial charge on any atom is 0.136 e. The molecule has 0 saturated carbocycles. The fourth-order valence-electron chi connectivity index (χ4n) is 2.95. The number of aromatic nitrogens is 2. The van der Waals surface area contributed by atoms with Crippen LogP contribution in [0, 0.1) is 5.82 Å². The van der Waals surface area contributed by atoms with Crippen molar-refractivity contribution in [2.45, 2.75) is 45.4 Å². The number of rotatable bonds is 4. The average Bonchev–Trinajstić information content (AvgIpc) is 2.83. The molecule has 1 aromatic carbocycles. The van der Waals surface area contributed by atoms with Crippen molar-refractivity contribution in [3.8, 4) is 0 Å². The minimum Gasteiger partial charge on any atom is -0.370 e. The summed E-state index contributed by atoms with van der Waals surface area (Å²) in [4.78, 5) is 4.56. The molecule has 5 heteroatoms. The molecule has 21 heavy (non-hydrogen) atoms. The second-order valence-corrected chi connectivity index (χ2v) is 5.89. The zero-order valence-corrected chi connectivity index (χ0v) is 12.6. The van der Waals surface area contributed by atoms with Crippen molar-refractivity contribution in [1.29, 1.82) is 0 Å². The third-order valence-electron chi connectivity index (χ3n) is 3.98. The van der Waals surface area contributed by atoms with Gasteiger partial charge in [0.25, 0.3) is 0 Å². The van der Waals surface area contributed by atoms with E-state index < -0.39 is 0 Å². The molecule has 0 atom stereocenters. The van der Waals surface area contributed by atoms with Gasteiger partial charge in [0.1, 0.15) is 18.2 Å². The van der Waals surface area contributed by atoms with Gasteiger partial charge in [-0.25, -0.2) is 9.37 Å². The van der Waals surface area contributed by atoms with Crippen LogP contribution in [0.15, 0.2) is 18.2 Å². The summed E-state index contributed by atoms with van der Waals surface area (Å²) >= 11 is 0. The molecule has 1 saturated heterocycles. The SMILES string of the molecule is CC(C)n1c(COC2CCNCC2)nc2cc(F)ccc21. The highest BCUT2D eigenvalue weighted by Gasteiger charge is 2.17. The first kappa shape index (κ1) is 14.5. The van der Waals surface area contributed by atoms with Crippen LogP contribution in [0.3, 0.4) is 0 Å². The van der Waals surface area contributed by atoms with Gasteiger partial charge in [-0.2, -0.15) is 0 Å². The number of ether oxygens (including phenoxy) is 1. The molecule has 114 valence electrons. The number of nitrogens with zero attached hydrogens (tertiary/aromatic N) is 2. The summed E-state index contributed by atoms with van der Waals surface area (Å²) in [6, 6.07) is 5.04. The highest BCUT2D eigenvalue weighted by Crippen LogP contribution is 2.23. The quantitative estimate of drug-likeness (QED) is 0.941. The molecule has 1 aromatic heterocycles. The molecule has 0 unspecified atom stereocenters. The number of hydrogen-bond acceptors (Lipinski definition) is 3. The van der Waals surface area contributed by atoms with Crippen LogP contribution in [-0.2, 0) is 11.3 Å². The van der Waals surface area contributed by atoms with E-state index in [0.717, 1.165) is 37.3 Å². The van der Waals surface area contributed by atoms with Gasteiger partial charge >= 0.3 is 0 Å². The Morgan fingerprint density at radius 2 is 2.14 bits per heavy atom. The molecule has 0 spiro atoms. The van der Waals surface area contributed by atoms with E-state index in [0.29, 0.717) is 18.2 Å². The van der Waals surface area contributed by atoms with E-state index in [-0.39, 0.29) is 11.9 Å². The molecule has 1 aliphatic heterocycles. The molecule has 1 aliphatic rings. The second kappa shape index (κ2) is 6.12. The Kier molecular flexibility index (Phi) is 4.22. The van der Waals surface area contributed by atoms with Gasteiger partial charge in [-0.15, -0.1) is 0 Å². The predicted molar refractivity (Wildman–Crippen MR) is 80.8 cm³/mol. The van der Waals surface area contributed by atoms with Crippen LogP contribution >= 0.6 is 0 Å². The highest BCUT2D eigenvalue weighted by atomic mass is 19.1. The minimum absolute atomic E-state index is 0.248. The molecule has 2 heterocycles. The zero-order chi connectivity index (χ0) is 14.8. The number of nitrogens with one attached hydrogen (secondary N) is 1. The van der Waals surface area contributed by atoms with Gasteiger partial charge < -0.3 is 14.6 Å². The molecule has 2 aromatic rings. The molecule has 1 N–H and O–H groups in total. The zero-order valence-electron chi connectivity index (χ0n) is 12.6. The molecule has 0 radical (unpaired) electrons. The number of imidazole rings is 1. The number of fused-ring (bicyclic) bond motifs is 1. The Hall–Kier alpha value is -1.46. The van der Waals surface area contributed by atoms with E-state index in [1.807, 2.05) is 0 Å². The molecule has 0 aliphatic carbocycles. The number of benzene rings is 1. The van der Waals surface area contributed by atoms with E-state index in [9.17, 15) is 4.39 Å². The summed E-state index contributed by atoms with van der Waals surface area (Å²) in [6.07, 6.45) is 2.37. The number of halogens is 1. The van der Waals surface area contributed by atoms with E-state index in [1.165, 1.54) is 12.1 Å². The third kappa shape index (κ3) is 3.09. The predicted octanol–water partition coefficient (Wildman–Crippen LogP) is 3.02. The summed E-state index contributed by atoms with van der Waals surface area (Å²) in [5.74, 6) is 0.630. The van der Waals surface area contributed by atoms with Crippen LogP contribution in [0.1, 0.15) is 38.6 Å². The Labute approximate surface area is 124 Å². The molecule has 3 rings (SSSR count). The lowest BCUT2D eigenvalue weighted by atomic mass is 10.1. The van der Waals surface area contributed by atoms with Gasteiger partial charge in [0.15, 0.2) is 0 Å². The highest BCUT2D eigenvalue weighted by molar-refractivity contribution is 5.76. The molecule has 4 nitrogen and oxygen atoms in total. The molecular formula is C16H22FN3O. The minimum atomic E-state index is -0.248. The van der Waals surface area contributed by atoms with Crippen molar-refractivity contribution in [2.24, 2.45) is 0 Å². The van der Waals surface area contributed by atoms with Crippen LogP contribution in [0.2, 0.25) is 0 Å². The van der Waals surface area contributed by atoms with Crippen LogP contribution in [0.4, 0.5) is 4.39 Å². The van der Waals surface area contributed by atoms with E-state index in [1.54, 1.807) is 6.07 Å². The third-order valence-corrected chi connectivity index (χ3v) is 3.98. The van der Waals surface area contributed by atoms with Crippen LogP contribution in [0.5, 0.6) is 0 Å². The first-order chi connectivity index (χ1) is 10.1. The Bertz CT molecular complexity index is 617. The Morgan fingerprint density at radius 3 is 2.86 bits per heavy atom. The van der Waals surface area contributed by atoms with Crippen molar-refractivity contribution in [1.82, 2.24) is 14.9 Å². The lowest BCUT2D eigenvalue weighted by molar-refractivity contribution is 0.0163. The number of hydrogen-bond donors (Lipinski definition) is 1. The lowest BCUT2D eigenvalue weighted by Crippen LogP contribution is -2.32. The Morgan fingerprint density at radius 1 is 1.38 bits per heavy atom. The first-order valence-corrected chi connectivity index (χ1v) is 7.64. The lowest BCUT2D eigenvalue weighted by Gasteiger charge is -2.23. The Balaban J connectivity index is 1.84. The molecule has 0 amide bonds. The van der Waals surface area contributed by atoms with Crippen molar-refractivity contribution in [3.63, 3.8) is 0 Å². The van der Waals surface area contributed by atoms with Crippen molar-refractivity contribution in [3.05, 3.63) is 29.8 Å². The van der Waals surface area contributed by atoms with E-state index >= 15 is 0 Å². The van der Waals surface area contributed by atoms with Crippen molar-refractivity contribution >= 4 is 11.0 Å². The first-order valence-electron chi connectivity index (χ1n) is 7.64. The smallest absolute Gasteiger partial charge is 0.136 e. The van der Waals surface area contributed by atoms with Crippen LogP contribution in [-0.4, -0.2) is 28.7 Å². The fraction of sp³-hybridized carbons (Fsp3) is 0.562. The maximum atomic E-state index is 13.4. The summed E-state index contributed by atoms with van der Waals surface area (Å²) in [6.45, 7) is 6.73. The van der Waals surface area contributed by atoms with Gasteiger partial charge in [0.2, 0.25) is 0 Å². The van der Waals surface area contributed by atoms with Gasteiger partial charge in [0.05, 0.1) is 17.1 Å². The fourth-order valence-corrected chi connectivity index (χ4v) is 2.95. The van der Waals surface area contributed by atoms with Crippen LogP contribution < -0.4 is 5.32 Å². The molecule has 0 bridgehead atoms. The van der Waals surface area contributed by atoms with Gasteiger partial charge in [-0.05, 0) is 51.9 Å². The van der Waals surface area contributed by atoms with Crippen molar-refractivity contribution < 1.29 is 9.13 Å². The van der Waals surface area contributed by atoms with E-state index in [4.69, 9.17) is 4.74 Å². The summed E-state index contributed by atoms with van der Waals surface area (Å²) in [5, 5.41) is 3.33. The normalized spacial score (nSPS) is 17.0. The standard InChI is InChI=1S/C16H22FN3O/c1-11(2)20-15-4-3-12(17)9-14(15)19-16(20)10-21-13-5-7-18-8-6-13/h3-4,9,11,13,18H,5-8,10H2,1-2H3. The molecular weight excluding hydrogens is 269 g/mol. The van der Waals surface area contributed by atoms with Crippen LogP contribution in [0.25, 0.3) is 11.0 Å². The van der Waals surface area contributed by atoms with Gasteiger partial charge in [0, 0.05) is 12.1 Å². The summed E-state index contributed by atoms with van der Waals surface area (Å²) in [7, 11) is 0.